The first-order chi connectivity index (χ1) is 9.22. The number of rotatable bonds is 4. The number of fused-ring (bicyclic) bond motifs is 1. The molecule has 1 aliphatic heterocycles. The van der Waals surface area contributed by atoms with E-state index >= 15 is 0 Å². The molecule has 0 aliphatic carbocycles. The lowest BCUT2D eigenvalue weighted by Crippen LogP contribution is -2.38. The van der Waals surface area contributed by atoms with E-state index in [1.807, 2.05) is 42.3 Å². The number of para-hydroxylation sites is 1. The van der Waals surface area contributed by atoms with Gasteiger partial charge in [-0.3, -0.25) is 4.68 Å². The summed E-state index contributed by atoms with van der Waals surface area (Å²) in [5.41, 5.74) is 8.76. The maximum atomic E-state index is 6.26. The highest BCUT2D eigenvalue weighted by molar-refractivity contribution is 5.37. The molecular formula is C15H19N3O. The predicted octanol–water partition coefficient (Wildman–Crippen LogP) is 1.68. The van der Waals surface area contributed by atoms with E-state index in [9.17, 15) is 0 Å². The van der Waals surface area contributed by atoms with Crippen LogP contribution >= 0.6 is 0 Å². The molecule has 2 unspecified atom stereocenters. The van der Waals surface area contributed by atoms with E-state index < -0.39 is 0 Å². The van der Waals surface area contributed by atoms with Gasteiger partial charge in [0.15, 0.2) is 0 Å². The minimum atomic E-state index is 0.0626. The average Bonchev–Trinajstić information content (AvgIpc) is 3.01. The van der Waals surface area contributed by atoms with Crippen molar-refractivity contribution >= 4 is 0 Å². The van der Waals surface area contributed by atoms with Crippen LogP contribution in [0.2, 0.25) is 0 Å². The van der Waals surface area contributed by atoms with Gasteiger partial charge in [0.2, 0.25) is 0 Å². The van der Waals surface area contributed by atoms with Crippen molar-refractivity contribution in [2.75, 3.05) is 0 Å². The average molecular weight is 257 g/mol. The Morgan fingerprint density at radius 3 is 3.05 bits per heavy atom. The maximum Gasteiger partial charge on any atom is 0.123 e. The van der Waals surface area contributed by atoms with E-state index in [1.165, 1.54) is 11.1 Å². The van der Waals surface area contributed by atoms with Gasteiger partial charge >= 0.3 is 0 Å². The highest BCUT2D eigenvalue weighted by atomic mass is 16.5. The number of benzene rings is 1. The Morgan fingerprint density at radius 1 is 1.47 bits per heavy atom. The summed E-state index contributed by atoms with van der Waals surface area (Å²) in [6.07, 6.45) is 6.84. The van der Waals surface area contributed by atoms with E-state index in [0.717, 1.165) is 25.0 Å². The fourth-order valence-electron chi connectivity index (χ4n) is 2.57. The smallest absolute Gasteiger partial charge is 0.123 e. The van der Waals surface area contributed by atoms with Gasteiger partial charge in [-0.2, -0.15) is 5.10 Å². The Hall–Kier alpha value is -1.81. The van der Waals surface area contributed by atoms with Crippen molar-refractivity contribution in [1.29, 1.82) is 0 Å². The fraction of sp³-hybridized carbons (Fsp3) is 0.400. The summed E-state index contributed by atoms with van der Waals surface area (Å²) in [7, 11) is 1.93. The molecule has 3 rings (SSSR count). The summed E-state index contributed by atoms with van der Waals surface area (Å²) in [5.74, 6) is 0.990. The third kappa shape index (κ3) is 2.63. The summed E-state index contributed by atoms with van der Waals surface area (Å²) >= 11 is 0. The largest absolute Gasteiger partial charge is 0.488 e. The van der Waals surface area contributed by atoms with Crippen LogP contribution in [0.15, 0.2) is 36.7 Å². The van der Waals surface area contributed by atoms with Crippen LogP contribution in [0.4, 0.5) is 0 Å². The third-order valence-corrected chi connectivity index (χ3v) is 3.67. The fourth-order valence-corrected chi connectivity index (χ4v) is 2.57. The minimum absolute atomic E-state index is 0.0626. The molecule has 0 saturated carbocycles. The lowest BCUT2D eigenvalue weighted by molar-refractivity contribution is 0.193. The first kappa shape index (κ1) is 12.2. The van der Waals surface area contributed by atoms with Crippen molar-refractivity contribution < 1.29 is 4.74 Å². The molecule has 1 aromatic carbocycles. The Morgan fingerprint density at radius 2 is 2.32 bits per heavy atom. The zero-order chi connectivity index (χ0) is 13.2. The molecule has 2 atom stereocenters. The molecule has 2 N–H and O–H groups in total. The van der Waals surface area contributed by atoms with Gasteiger partial charge in [-0.1, -0.05) is 18.2 Å². The van der Waals surface area contributed by atoms with Gasteiger partial charge in [-0.15, -0.1) is 0 Å². The van der Waals surface area contributed by atoms with Crippen molar-refractivity contribution in [3.63, 3.8) is 0 Å². The van der Waals surface area contributed by atoms with Crippen LogP contribution in [-0.4, -0.2) is 21.9 Å². The number of aryl methyl sites for hydroxylation is 2. The van der Waals surface area contributed by atoms with Gasteiger partial charge < -0.3 is 10.5 Å². The second-order valence-corrected chi connectivity index (χ2v) is 5.19. The molecular weight excluding hydrogens is 238 g/mol. The first-order valence-corrected chi connectivity index (χ1v) is 6.70. The van der Waals surface area contributed by atoms with Crippen LogP contribution in [-0.2, 0) is 19.9 Å². The molecule has 100 valence electrons. The number of ether oxygens (including phenoxy) is 1. The van der Waals surface area contributed by atoms with Gasteiger partial charge in [-0.25, -0.2) is 0 Å². The Balaban J connectivity index is 1.56. The third-order valence-electron chi connectivity index (χ3n) is 3.67. The Kier molecular flexibility index (Phi) is 3.25. The highest BCUT2D eigenvalue weighted by Gasteiger charge is 2.27. The van der Waals surface area contributed by atoms with Crippen LogP contribution in [0.25, 0.3) is 0 Å². The zero-order valence-electron chi connectivity index (χ0n) is 11.1. The molecule has 1 aromatic heterocycles. The second kappa shape index (κ2) is 5.05. The number of nitrogens with zero attached hydrogens (tertiary/aromatic N) is 2. The van der Waals surface area contributed by atoms with Crippen LogP contribution in [0.5, 0.6) is 5.75 Å². The highest BCUT2D eigenvalue weighted by Crippen LogP contribution is 2.29. The standard InChI is InChI=1S/C15H19N3O/c1-18-10-11(9-17-18)6-7-13(16)15-8-12-4-2-3-5-14(12)19-15/h2-5,9-10,13,15H,6-8,16H2,1H3. The molecule has 0 saturated heterocycles. The quantitative estimate of drug-likeness (QED) is 0.906. The maximum absolute atomic E-state index is 6.26. The monoisotopic (exact) mass is 257 g/mol. The molecule has 0 spiro atoms. The van der Waals surface area contributed by atoms with E-state index in [2.05, 4.69) is 11.2 Å². The molecule has 19 heavy (non-hydrogen) atoms. The van der Waals surface area contributed by atoms with Gasteiger partial charge in [0, 0.05) is 25.7 Å². The molecule has 0 amide bonds. The molecule has 0 fully saturated rings. The van der Waals surface area contributed by atoms with E-state index in [0.29, 0.717) is 0 Å². The van der Waals surface area contributed by atoms with Crippen molar-refractivity contribution in [1.82, 2.24) is 9.78 Å². The minimum Gasteiger partial charge on any atom is -0.488 e. The zero-order valence-corrected chi connectivity index (χ0v) is 11.1. The summed E-state index contributed by atoms with van der Waals surface area (Å²) in [6.45, 7) is 0. The summed E-state index contributed by atoms with van der Waals surface area (Å²) in [6, 6.07) is 8.24. The number of hydrogen-bond donors (Lipinski definition) is 1. The predicted molar refractivity (Wildman–Crippen MR) is 74.1 cm³/mol. The number of nitrogens with two attached hydrogens (primary N) is 1. The second-order valence-electron chi connectivity index (χ2n) is 5.19. The number of hydrogen-bond acceptors (Lipinski definition) is 3. The normalized spacial score (nSPS) is 18.9. The van der Waals surface area contributed by atoms with Crippen LogP contribution < -0.4 is 10.5 Å². The summed E-state index contributed by atoms with van der Waals surface area (Å²) in [5, 5.41) is 4.17. The van der Waals surface area contributed by atoms with Crippen molar-refractivity contribution in [2.45, 2.75) is 31.4 Å². The van der Waals surface area contributed by atoms with E-state index in [4.69, 9.17) is 10.5 Å². The van der Waals surface area contributed by atoms with Gasteiger partial charge in [0.25, 0.3) is 0 Å². The molecule has 2 aromatic rings. The van der Waals surface area contributed by atoms with Crippen molar-refractivity contribution in [2.24, 2.45) is 12.8 Å². The van der Waals surface area contributed by atoms with Crippen molar-refractivity contribution in [3.8, 4) is 5.75 Å². The lowest BCUT2D eigenvalue weighted by atomic mass is 10.00. The summed E-state index contributed by atoms with van der Waals surface area (Å²) < 4.78 is 7.74. The van der Waals surface area contributed by atoms with Crippen LogP contribution in [0.1, 0.15) is 17.5 Å². The van der Waals surface area contributed by atoms with Gasteiger partial charge in [0.1, 0.15) is 11.9 Å². The Labute approximate surface area is 113 Å². The molecule has 1 aliphatic rings. The molecule has 0 bridgehead atoms. The molecule has 4 nitrogen and oxygen atoms in total. The lowest BCUT2D eigenvalue weighted by Gasteiger charge is -2.18. The van der Waals surface area contributed by atoms with Crippen LogP contribution in [0, 0.1) is 0 Å². The van der Waals surface area contributed by atoms with Crippen LogP contribution in [0.3, 0.4) is 0 Å². The van der Waals surface area contributed by atoms with Gasteiger partial charge in [0.05, 0.1) is 6.20 Å². The van der Waals surface area contributed by atoms with E-state index in [1.54, 1.807) is 0 Å². The van der Waals surface area contributed by atoms with Gasteiger partial charge in [-0.05, 0) is 30.0 Å². The SMILES string of the molecule is Cn1cc(CCC(N)C2Cc3ccccc3O2)cn1. The Bertz CT molecular complexity index is 539. The van der Waals surface area contributed by atoms with Crippen molar-refractivity contribution in [3.05, 3.63) is 47.8 Å². The topological polar surface area (TPSA) is 53.1 Å². The first-order valence-electron chi connectivity index (χ1n) is 6.70. The van der Waals surface area contributed by atoms with E-state index in [-0.39, 0.29) is 12.1 Å². The number of aromatic nitrogens is 2. The molecule has 0 radical (unpaired) electrons. The summed E-state index contributed by atoms with van der Waals surface area (Å²) in [4.78, 5) is 0. The molecule has 4 heteroatoms. The molecule has 2 heterocycles.